The molecule has 0 heteroatoms. The molecule has 0 N–H and O–H groups in total. The van der Waals surface area contributed by atoms with Crippen molar-refractivity contribution in [2.24, 2.45) is 5.41 Å². The lowest BCUT2D eigenvalue weighted by Gasteiger charge is -2.29. The molecule has 3 rings (SSSR count). The van der Waals surface area contributed by atoms with E-state index in [-0.39, 0.29) is 5.41 Å². The van der Waals surface area contributed by atoms with E-state index in [9.17, 15) is 0 Å². The summed E-state index contributed by atoms with van der Waals surface area (Å²) in [6.07, 6.45) is 0. The number of benzene rings is 2. The van der Waals surface area contributed by atoms with Crippen LogP contribution in [0.3, 0.4) is 0 Å². The van der Waals surface area contributed by atoms with Crippen molar-refractivity contribution in [2.45, 2.75) is 26.7 Å². The Morgan fingerprint density at radius 2 is 1.12 bits per heavy atom. The molecule has 0 heterocycles. The third-order valence-electron chi connectivity index (χ3n) is 3.70. The maximum Gasteiger partial charge on any atom is 0.0150 e. The van der Waals surface area contributed by atoms with Gasteiger partial charge in [-0.05, 0) is 27.7 Å². The average Bonchev–Trinajstić information content (AvgIpc) is 2.63. The standard InChI is InChI=1S/C17H18/c1-17(2,3)16-14-10-6-4-8-12(14)13-9-5-7-11-15(13)16/h4-11,16H,1-3H3. The predicted molar refractivity (Wildman–Crippen MR) is 73.2 cm³/mol. The van der Waals surface area contributed by atoms with Crippen LogP contribution in [0, 0.1) is 5.41 Å². The van der Waals surface area contributed by atoms with Crippen molar-refractivity contribution in [1.29, 1.82) is 0 Å². The largest absolute Gasteiger partial charge is 0.0619 e. The lowest BCUT2D eigenvalue weighted by atomic mass is 9.75. The summed E-state index contributed by atoms with van der Waals surface area (Å²) in [5, 5.41) is 0. The first kappa shape index (κ1) is 10.6. The summed E-state index contributed by atoms with van der Waals surface area (Å²) in [5.41, 5.74) is 6.08. The molecular formula is C17H18. The molecule has 0 unspecified atom stereocenters. The van der Waals surface area contributed by atoms with Crippen molar-refractivity contribution in [1.82, 2.24) is 0 Å². The fraction of sp³-hybridized carbons (Fsp3) is 0.294. The smallest absolute Gasteiger partial charge is 0.0150 e. The molecule has 0 bridgehead atoms. The van der Waals surface area contributed by atoms with Gasteiger partial charge in [-0.2, -0.15) is 0 Å². The van der Waals surface area contributed by atoms with Crippen molar-refractivity contribution >= 4 is 0 Å². The molecule has 2 aromatic rings. The molecule has 2 aromatic carbocycles. The Balaban J connectivity index is 2.31. The van der Waals surface area contributed by atoms with Gasteiger partial charge < -0.3 is 0 Å². The average molecular weight is 222 g/mol. The van der Waals surface area contributed by atoms with E-state index in [1.54, 1.807) is 0 Å². The maximum atomic E-state index is 2.33. The van der Waals surface area contributed by atoms with Crippen molar-refractivity contribution in [3.05, 3.63) is 59.7 Å². The zero-order chi connectivity index (χ0) is 12.0. The Bertz CT molecular complexity index is 513. The molecule has 86 valence electrons. The molecule has 0 atom stereocenters. The molecule has 0 spiro atoms. The van der Waals surface area contributed by atoms with E-state index < -0.39 is 0 Å². The highest BCUT2D eigenvalue weighted by Crippen LogP contribution is 2.51. The van der Waals surface area contributed by atoms with Gasteiger partial charge in [0.25, 0.3) is 0 Å². The summed E-state index contributed by atoms with van der Waals surface area (Å²) in [7, 11) is 0. The second kappa shape index (κ2) is 3.46. The van der Waals surface area contributed by atoms with Gasteiger partial charge >= 0.3 is 0 Å². The van der Waals surface area contributed by atoms with E-state index in [2.05, 4.69) is 69.3 Å². The topological polar surface area (TPSA) is 0 Å². The zero-order valence-electron chi connectivity index (χ0n) is 10.7. The molecule has 17 heavy (non-hydrogen) atoms. The number of hydrogen-bond acceptors (Lipinski definition) is 0. The van der Waals surface area contributed by atoms with Gasteiger partial charge in [-0.3, -0.25) is 0 Å². The van der Waals surface area contributed by atoms with Crippen LogP contribution in [0.2, 0.25) is 0 Å². The molecule has 0 saturated heterocycles. The first-order valence-electron chi connectivity index (χ1n) is 6.27. The van der Waals surface area contributed by atoms with Crippen LogP contribution < -0.4 is 0 Å². The van der Waals surface area contributed by atoms with Crippen LogP contribution >= 0.6 is 0 Å². The number of rotatable bonds is 0. The summed E-state index contributed by atoms with van der Waals surface area (Å²) in [6.45, 7) is 6.99. The van der Waals surface area contributed by atoms with Gasteiger partial charge in [0.05, 0.1) is 0 Å². The first-order chi connectivity index (χ1) is 8.09. The number of hydrogen-bond donors (Lipinski definition) is 0. The molecule has 0 nitrogen and oxygen atoms in total. The van der Waals surface area contributed by atoms with Gasteiger partial charge in [0.1, 0.15) is 0 Å². The Labute approximate surface area is 103 Å². The van der Waals surface area contributed by atoms with Gasteiger partial charge in [-0.1, -0.05) is 69.3 Å². The fourth-order valence-corrected chi connectivity index (χ4v) is 3.09. The minimum absolute atomic E-state index is 0.267. The molecule has 0 aromatic heterocycles. The van der Waals surface area contributed by atoms with E-state index >= 15 is 0 Å². The van der Waals surface area contributed by atoms with Gasteiger partial charge in [-0.15, -0.1) is 0 Å². The minimum Gasteiger partial charge on any atom is -0.0619 e. The van der Waals surface area contributed by atoms with Gasteiger partial charge in [0.15, 0.2) is 0 Å². The van der Waals surface area contributed by atoms with E-state index in [0.29, 0.717) is 5.92 Å². The fourth-order valence-electron chi connectivity index (χ4n) is 3.09. The van der Waals surface area contributed by atoms with E-state index in [0.717, 1.165) is 0 Å². The van der Waals surface area contributed by atoms with Crippen LogP contribution in [0.4, 0.5) is 0 Å². The van der Waals surface area contributed by atoms with Crippen molar-refractivity contribution in [3.63, 3.8) is 0 Å². The molecular weight excluding hydrogens is 204 g/mol. The van der Waals surface area contributed by atoms with E-state index in [4.69, 9.17) is 0 Å². The van der Waals surface area contributed by atoms with E-state index in [1.165, 1.54) is 22.3 Å². The summed E-state index contributed by atoms with van der Waals surface area (Å²) in [5.74, 6) is 0.523. The SMILES string of the molecule is CC(C)(C)C1c2ccccc2-c2ccccc21. The van der Waals surface area contributed by atoms with Crippen molar-refractivity contribution in [2.75, 3.05) is 0 Å². The van der Waals surface area contributed by atoms with Crippen LogP contribution in [-0.2, 0) is 0 Å². The van der Waals surface area contributed by atoms with Crippen LogP contribution in [0.1, 0.15) is 37.8 Å². The normalized spacial score (nSPS) is 14.5. The molecule has 0 amide bonds. The molecule has 0 fully saturated rings. The molecule has 0 saturated carbocycles. The lowest BCUT2D eigenvalue weighted by Crippen LogP contribution is -2.17. The highest BCUT2D eigenvalue weighted by atomic mass is 14.4. The molecule has 0 radical (unpaired) electrons. The van der Waals surface area contributed by atoms with Crippen LogP contribution in [0.15, 0.2) is 48.5 Å². The monoisotopic (exact) mass is 222 g/mol. The van der Waals surface area contributed by atoms with Gasteiger partial charge in [0.2, 0.25) is 0 Å². The summed E-state index contributed by atoms with van der Waals surface area (Å²) < 4.78 is 0. The van der Waals surface area contributed by atoms with E-state index in [1.807, 2.05) is 0 Å². The summed E-state index contributed by atoms with van der Waals surface area (Å²) >= 11 is 0. The minimum atomic E-state index is 0.267. The molecule has 1 aliphatic rings. The first-order valence-corrected chi connectivity index (χ1v) is 6.27. The second-order valence-electron chi connectivity index (χ2n) is 5.97. The summed E-state index contributed by atoms with van der Waals surface area (Å²) in [6, 6.07) is 17.7. The highest BCUT2D eigenvalue weighted by molar-refractivity contribution is 5.79. The van der Waals surface area contributed by atoms with Gasteiger partial charge in [-0.25, -0.2) is 0 Å². The van der Waals surface area contributed by atoms with Crippen LogP contribution in [-0.4, -0.2) is 0 Å². The molecule has 0 aliphatic heterocycles. The third-order valence-corrected chi connectivity index (χ3v) is 3.70. The third kappa shape index (κ3) is 1.51. The number of fused-ring (bicyclic) bond motifs is 3. The predicted octanol–water partition coefficient (Wildman–Crippen LogP) is 4.85. The van der Waals surface area contributed by atoms with Crippen molar-refractivity contribution in [3.8, 4) is 11.1 Å². The Kier molecular flexibility index (Phi) is 2.16. The second-order valence-corrected chi connectivity index (χ2v) is 5.97. The zero-order valence-corrected chi connectivity index (χ0v) is 10.7. The van der Waals surface area contributed by atoms with Gasteiger partial charge in [0, 0.05) is 5.92 Å². The Hall–Kier alpha value is -1.56. The maximum absolute atomic E-state index is 2.33. The lowest BCUT2D eigenvalue weighted by molar-refractivity contribution is 0.363. The van der Waals surface area contributed by atoms with Crippen molar-refractivity contribution < 1.29 is 0 Å². The van der Waals surface area contributed by atoms with Crippen LogP contribution in [0.25, 0.3) is 11.1 Å². The Morgan fingerprint density at radius 1 is 0.706 bits per heavy atom. The quantitative estimate of drug-likeness (QED) is 0.598. The highest BCUT2D eigenvalue weighted by Gasteiger charge is 2.35. The Morgan fingerprint density at radius 3 is 1.53 bits per heavy atom. The molecule has 1 aliphatic carbocycles. The van der Waals surface area contributed by atoms with Crippen LogP contribution in [0.5, 0.6) is 0 Å². The summed E-state index contributed by atoms with van der Waals surface area (Å²) in [4.78, 5) is 0.